The summed E-state index contributed by atoms with van der Waals surface area (Å²) in [5.41, 5.74) is 5.44. The number of hydrogen-bond acceptors (Lipinski definition) is 5. The van der Waals surface area contributed by atoms with Crippen LogP contribution in [0.15, 0.2) is 48.9 Å². The number of benzene rings is 1. The zero-order valence-electron chi connectivity index (χ0n) is 16.7. The average Bonchev–Trinajstić information content (AvgIpc) is 3.00. The first-order valence-corrected chi connectivity index (χ1v) is 9.20. The number of aryl methyl sites for hydroxylation is 2. The van der Waals surface area contributed by atoms with Crippen LogP contribution in [0.25, 0.3) is 16.7 Å². The van der Waals surface area contributed by atoms with Crippen LogP contribution in [0, 0.1) is 20.8 Å². The minimum atomic E-state index is -0.291. The van der Waals surface area contributed by atoms with Gasteiger partial charge in [-0.1, -0.05) is 17.7 Å². The molecular formula is C22H21N5O2. The van der Waals surface area contributed by atoms with Crippen molar-refractivity contribution in [2.45, 2.75) is 20.8 Å². The minimum absolute atomic E-state index is 0.291. The lowest BCUT2D eigenvalue weighted by atomic mass is 10.2. The summed E-state index contributed by atoms with van der Waals surface area (Å²) >= 11 is 0. The van der Waals surface area contributed by atoms with Gasteiger partial charge in [0.1, 0.15) is 12.1 Å². The third-order valence-corrected chi connectivity index (χ3v) is 5.02. The van der Waals surface area contributed by atoms with E-state index < -0.39 is 0 Å². The molecule has 0 atom stereocenters. The number of nitrogens with zero attached hydrogens (tertiary/aromatic N) is 4. The van der Waals surface area contributed by atoms with E-state index in [4.69, 9.17) is 4.74 Å². The number of ether oxygens (including phenoxy) is 1. The maximum absolute atomic E-state index is 12.7. The molecule has 3 aromatic heterocycles. The summed E-state index contributed by atoms with van der Waals surface area (Å²) in [5.74, 6) is 0.634. The summed E-state index contributed by atoms with van der Waals surface area (Å²) in [7, 11) is 1.53. The summed E-state index contributed by atoms with van der Waals surface area (Å²) in [6, 6.07) is 11.6. The Morgan fingerprint density at radius 3 is 2.41 bits per heavy atom. The summed E-state index contributed by atoms with van der Waals surface area (Å²) < 4.78 is 7.12. The number of carbonyl (C=O) groups is 1. The van der Waals surface area contributed by atoms with E-state index >= 15 is 0 Å². The van der Waals surface area contributed by atoms with Crippen LogP contribution >= 0.6 is 0 Å². The second kappa shape index (κ2) is 7.35. The minimum Gasteiger partial charge on any atom is -0.481 e. The molecule has 146 valence electrons. The summed E-state index contributed by atoms with van der Waals surface area (Å²) in [6.45, 7) is 6.10. The van der Waals surface area contributed by atoms with Gasteiger partial charge in [-0.15, -0.1) is 0 Å². The number of methoxy groups -OCH3 is 1. The molecule has 0 aliphatic carbocycles. The average molecular weight is 387 g/mol. The number of anilines is 1. The summed E-state index contributed by atoms with van der Waals surface area (Å²) in [4.78, 5) is 25.6. The molecule has 4 rings (SSSR count). The molecule has 0 bridgehead atoms. The quantitative estimate of drug-likeness (QED) is 0.572. The zero-order valence-corrected chi connectivity index (χ0v) is 16.7. The molecule has 0 fully saturated rings. The molecule has 0 aliphatic heterocycles. The van der Waals surface area contributed by atoms with Crippen molar-refractivity contribution in [1.82, 2.24) is 19.5 Å². The number of hydrogen-bond donors (Lipinski definition) is 1. The van der Waals surface area contributed by atoms with Crippen molar-refractivity contribution in [2.75, 3.05) is 12.4 Å². The fourth-order valence-corrected chi connectivity index (χ4v) is 3.32. The molecule has 0 aliphatic rings. The van der Waals surface area contributed by atoms with E-state index in [1.807, 2.05) is 13.8 Å². The van der Waals surface area contributed by atoms with Gasteiger partial charge in [-0.3, -0.25) is 9.36 Å². The highest BCUT2D eigenvalue weighted by molar-refractivity contribution is 6.08. The van der Waals surface area contributed by atoms with Crippen molar-refractivity contribution in [3.63, 3.8) is 0 Å². The van der Waals surface area contributed by atoms with E-state index in [1.165, 1.54) is 25.2 Å². The molecule has 0 radical (unpaired) electrons. The van der Waals surface area contributed by atoms with Gasteiger partial charge >= 0.3 is 0 Å². The standard InChI is InChI=1S/C22H21N5O2/c1-13-5-8-17(9-6-13)27-15(3)14(2)19-20(24-12-25-21(19)27)26-22(28)16-7-10-18(29-4)23-11-16/h5-12H,1-4H3,(H,24,25,26,28). The molecule has 0 saturated heterocycles. The second-order valence-corrected chi connectivity index (χ2v) is 6.85. The van der Waals surface area contributed by atoms with Crippen molar-refractivity contribution in [1.29, 1.82) is 0 Å². The highest BCUT2D eigenvalue weighted by Gasteiger charge is 2.19. The van der Waals surface area contributed by atoms with E-state index in [-0.39, 0.29) is 5.91 Å². The van der Waals surface area contributed by atoms with Crippen LogP contribution in [-0.2, 0) is 0 Å². The molecule has 0 saturated carbocycles. The van der Waals surface area contributed by atoms with Crippen LogP contribution in [0.4, 0.5) is 5.82 Å². The van der Waals surface area contributed by atoms with Gasteiger partial charge in [0.2, 0.25) is 5.88 Å². The fourth-order valence-electron chi connectivity index (χ4n) is 3.32. The Kier molecular flexibility index (Phi) is 4.72. The molecule has 7 heteroatoms. The number of fused-ring (bicyclic) bond motifs is 1. The smallest absolute Gasteiger partial charge is 0.258 e. The molecule has 7 nitrogen and oxygen atoms in total. The number of aromatic nitrogens is 4. The molecule has 1 amide bonds. The van der Waals surface area contributed by atoms with Gasteiger partial charge in [0.25, 0.3) is 5.91 Å². The Morgan fingerprint density at radius 1 is 1.00 bits per heavy atom. The molecule has 0 spiro atoms. The Morgan fingerprint density at radius 2 is 1.76 bits per heavy atom. The van der Waals surface area contributed by atoms with E-state index in [0.717, 1.165) is 28.0 Å². The first-order chi connectivity index (χ1) is 14.0. The molecule has 29 heavy (non-hydrogen) atoms. The first kappa shape index (κ1) is 18.6. The topological polar surface area (TPSA) is 81.9 Å². The number of pyridine rings is 1. The predicted octanol–water partition coefficient (Wildman–Crippen LogP) is 4.00. The van der Waals surface area contributed by atoms with Crippen LogP contribution in [0.3, 0.4) is 0 Å². The molecule has 0 unspecified atom stereocenters. The Hall–Kier alpha value is -3.74. The van der Waals surface area contributed by atoms with Gasteiger partial charge in [-0.2, -0.15) is 0 Å². The van der Waals surface area contributed by atoms with E-state index in [1.54, 1.807) is 12.1 Å². The highest BCUT2D eigenvalue weighted by Crippen LogP contribution is 2.31. The van der Waals surface area contributed by atoms with E-state index in [2.05, 4.69) is 56.0 Å². The third-order valence-electron chi connectivity index (χ3n) is 5.02. The monoisotopic (exact) mass is 387 g/mol. The second-order valence-electron chi connectivity index (χ2n) is 6.85. The largest absolute Gasteiger partial charge is 0.481 e. The number of rotatable bonds is 4. The molecule has 3 heterocycles. The normalized spacial score (nSPS) is 10.9. The van der Waals surface area contributed by atoms with Gasteiger partial charge in [0.15, 0.2) is 5.65 Å². The maximum Gasteiger partial charge on any atom is 0.258 e. The van der Waals surface area contributed by atoms with E-state index in [0.29, 0.717) is 17.3 Å². The third kappa shape index (κ3) is 3.31. The number of amides is 1. The maximum atomic E-state index is 12.7. The van der Waals surface area contributed by atoms with Crippen LogP contribution in [0.1, 0.15) is 27.2 Å². The summed E-state index contributed by atoms with van der Waals surface area (Å²) in [5, 5.41) is 3.72. The Bertz CT molecular complexity index is 1190. The van der Waals surface area contributed by atoms with Crippen LogP contribution < -0.4 is 10.1 Å². The number of carbonyl (C=O) groups excluding carboxylic acids is 1. The van der Waals surface area contributed by atoms with Gasteiger partial charge in [-0.25, -0.2) is 15.0 Å². The van der Waals surface area contributed by atoms with Gasteiger partial charge in [-0.05, 0) is 44.5 Å². The van der Waals surface area contributed by atoms with Crippen molar-refractivity contribution in [3.05, 3.63) is 71.3 Å². The van der Waals surface area contributed by atoms with Crippen molar-refractivity contribution in [3.8, 4) is 11.6 Å². The van der Waals surface area contributed by atoms with Crippen molar-refractivity contribution in [2.24, 2.45) is 0 Å². The lowest BCUT2D eigenvalue weighted by molar-refractivity contribution is 0.102. The van der Waals surface area contributed by atoms with Gasteiger partial charge in [0.05, 0.1) is 18.1 Å². The van der Waals surface area contributed by atoms with E-state index in [9.17, 15) is 4.79 Å². The molecule has 4 aromatic rings. The molecule has 1 aromatic carbocycles. The highest BCUT2D eigenvalue weighted by atomic mass is 16.5. The van der Waals surface area contributed by atoms with Gasteiger partial charge in [0, 0.05) is 23.6 Å². The molecule has 1 N–H and O–H groups in total. The fraction of sp³-hybridized carbons (Fsp3) is 0.182. The number of nitrogens with one attached hydrogen (secondary N) is 1. The SMILES string of the molecule is COc1ccc(C(=O)Nc2ncnc3c2c(C)c(C)n3-c2ccc(C)cc2)cn1. The Labute approximate surface area is 168 Å². The Balaban J connectivity index is 1.77. The predicted molar refractivity (Wildman–Crippen MR) is 112 cm³/mol. The summed E-state index contributed by atoms with van der Waals surface area (Å²) in [6.07, 6.45) is 2.94. The van der Waals surface area contributed by atoms with Crippen molar-refractivity contribution >= 4 is 22.8 Å². The lowest BCUT2D eigenvalue weighted by Crippen LogP contribution is -2.14. The lowest BCUT2D eigenvalue weighted by Gasteiger charge is -2.09. The van der Waals surface area contributed by atoms with Gasteiger partial charge < -0.3 is 10.1 Å². The van der Waals surface area contributed by atoms with Crippen LogP contribution in [0.5, 0.6) is 5.88 Å². The molecular weight excluding hydrogens is 366 g/mol. The van der Waals surface area contributed by atoms with Crippen molar-refractivity contribution < 1.29 is 9.53 Å². The van der Waals surface area contributed by atoms with Crippen LogP contribution in [0.2, 0.25) is 0 Å². The zero-order chi connectivity index (χ0) is 20.5. The van der Waals surface area contributed by atoms with Crippen LogP contribution in [-0.4, -0.2) is 32.5 Å². The first-order valence-electron chi connectivity index (χ1n) is 9.20.